The van der Waals surface area contributed by atoms with E-state index < -0.39 is 59.0 Å². The molecule has 0 bridgehead atoms. The molecule has 0 aliphatic heterocycles. The molecule has 0 radical (unpaired) electrons. The maximum absolute atomic E-state index is 11.4. The maximum atomic E-state index is 11.4. The number of esters is 1. The van der Waals surface area contributed by atoms with Crippen LogP contribution in [0.2, 0.25) is 0 Å². The molecule has 0 saturated heterocycles. The quantitative estimate of drug-likeness (QED) is 0.0455. The number of carboxylic acid groups (broad SMARTS) is 2. The van der Waals surface area contributed by atoms with E-state index in [0.29, 0.717) is 12.8 Å². The van der Waals surface area contributed by atoms with Crippen molar-refractivity contribution in [2.24, 2.45) is 11.7 Å². The van der Waals surface area contributed by atoms with Crippen molar-refractivity contribution in [1.82, 2.24) is 0 Å². The van der Waals surface area contributed by atoms with Crippen LogP contribution in [0.5, 0.6) is 0 Å². The van der Waals surface area contributed by atoms with Crippen molar-refractivity contribution < 1.29 is 129 Å². The van der Waals surface area contributed by atoms with E-state index in [0.717, 1.165) is 12.8 Å². The number of carbonyl (C=O) groups is 6. The van der Waals surface area contributed by atoms with Crippen molar-refractivity contribution in [3.63, 3.8) is 0 Å². The number of nitrogens with two attached hydrogens (primary N) is 1. The normalized spacial score (nSPS) is 11.5. The van der Waals surface area contributed by atoms with Crippen LogP contribution < -0.4 is 70.1 Å². The standard InChI is InChI=1S/C11H20O4.C10H18O5.C5H11NO2.CH2O3.2Na.H/c1-5-6-8(10(13)14)7-9(12)15-11(2,3)4;1-9(2,3)14-7(11)13-8(12)15-10(4,5)6;1-2-3-4(6)5(7)8;2-1-4-3;;;/h8H,5-7H2,1-4H3,(H,13,14);1-6H3;4H,2-3,6H2,1H3,(H,7,8);1,3H;;;/q;;;;2*+1;-1/p-1/t8-;;4-;;;;/m0.1..../s1. The van der Waals surface area contributed by atoms with Gasteiger partial charge in [-0.3, -0.25) is 19.2 Å². The Bertz CT molecular complexity index is 800. The molecule has 0 saturated carbocycles. The first-order chi connectivity index (χ1) is 18.8. The summed E-state index contributed by atoms with van der Waals surface area (Å²) in [5.41, 5.74) is 3.19. The molecular formula is C27H51NNa2O14. The Morgan fingerprint density at radius 1 is 0.750 bits per heavy atom. The molecular weight excluding hydrogens is 608 g/mol. The molecule has 15 nitrogen and oxygen atoms in total. The average molecular weight is 660 g/mol. The van der Waals surface area contributed by atoms with E-state index in [1.54, 1.807) is 62.3 Å². The first-order valence-electron chi connectivity index (χ1n) is 13.1. The number of ether oxygens (including phenoxy) is 4. The molecule has 4 N–H and O–H groups in total. The minimum Gasteiger partial charge on any atom is -1.00 e. The van der Waals surface area contributed by atoms with Crippen LogP contribution in [-0.4, -0.2) is 69.7 Å². The van der Waals surface area contributed by atoms with Gasteiger partial charge in [0.2, 0.25) is 0 Å². The summed E-state index contributed by atoms with van der Waals surface area (Å²) in [6, 6.07) is -0.667. The van der Waals surface area contributed by atoms with Crippen molar-refractivity contribution >= 4 is 36.7 Å². The largest absolute Gasteiger partial charge is 1.00 e. The minimum atomic E-state index is -1.06. The number of hydrogen-bond acceptors (Lipinski definition) is 13. The van der Waals surface area contributed by atoms with Crippen molar-refractivity contribution in [3.8, 4) is 0 Å². The summed E-state index contributed by atoms with van der Waals surface area (Å²) >= 11 is 0. The zero-order valence-electron chi connectivity index (χ0n) is 29.6. The van der Waals surface area contributed by atoms with E-state index in [2.05, 4.69) is 9.62 Å². The average Bonchev–Trinajstić information content (AvgIpc) is 2.76. The van der Waals surface area contributed by atoms with E-state index in [9.17, 15) is 24.0 Å². The Morgan fingerprint density at radius 3 is 1.30 bits per heavy atom. The number of aliphatic carboxylic acids is 2. The van der Waals surface area contributed by atoms with Crippen LogP contribution in [0.15, 0.2) is 0 Å². The van der Waals surface area contributed by atoms with Gasteiger partial charge in [0.25, 0.3) is 6.47 Å². The van der Waals surface area contributed by atoms with Crippen LogP contribution >= 0.6 is 0 Å². The first-order valence-corrected chi connectivity index (χ1v) is 13.1. The molecule has 0 aliphatic carbocycles. The van der Waals surface area contributed by atoms with Crippen LogP contribution in [0, 0.1) is 5.92 Å². The van der Waals surface area contributed by atoms with E-state index in [4.69, 9.17) is 40.2 Å². The van der Waals surface area contributed by atoms with Gasteiger partial charge < -0.3 is 46.5 Å². The third-order valence-electron chi connectivity index (χ3n) is 3.72. The van der Waals surface area contributed by atoms with Crippen LogP contribution in [0.3, 0.4) is 0 Å². The van der Waals surface area contributed by atoms with Crippen LogP contribution in [0.4, 0.5) is 9.59 Å². The Kier molecular flexibility index (Phi) is 36.2. The first kappa shape index (κ1) is 55.0. The zero-order chi connectivity index (χ0) is 34.3. The molecule has 0 rings (SSSR count). The van der Waals surface area contributed by atoms with Gasteiger partial charge in [0.15, 0.2) is 0 Å². The van der Waals surface area contributed by atoms with E-state index in [-0.39, 0.29) is 73.4 Å². The SMILES string of the molecule is CC(C)(C)OC(=O)OC(=O)OC(C)(C)C.CCC[C@@H](CC(=O)OC(C)(C)C)C(=O)O.CCC[C@@H](N)C(=O)O.O=CO[O-].[H-].[Na+].[Na+]. The predicted molar refractivity (Wildman–Crippen MR) is 149 cm³/mol. The summed E-state index contributed by atoms with van der Waals surface area (Å²) in [5.74, 6) is -2.90. The second-order valence-corrected chi connectivity index (χ2v) is 11.6. The summed E-state index contributed by atoms with van der Waals surface area (Å²) < 4.78 is 18.9. The molecule has 0 aromatic heterocycles. The molecule has 2 atom stereocenters. The Hall–Kier alpha value is -1.46. The topological polar surface area (TPSA) is 238 Å². The monoisotopic (exact) mass is 659 g/mol. The van der Waals surface area contributed by atoms with E-state index >= 15 is 0 Å². The van der Waals surface area contributed by atoms with Crippen molar-refractivity contribution in [2.45, 2.75) is 131 Å². The molecule has 0 amide bonds. The van der Waals surface area contributed by atoms with Gasteiger partial charge in [-0.1, -0.05) is 26.7 Å². The minimum absolute atomic E-state index is 0. The third kappa shape index (κ3) is 47.5. The molecule has 0 spiro atoms. The molecule has 17 heteroatoms. The van der Waals surface area contributed by atoms with Crippen LogP contribution in [0.1, 0.15) is 110 Å². The molecule has 0 unspecified atom stereocenters. The fourth-order valence-electron chi connectivity index (χ4n) is 2.29. The second kappa shape index (κ2) is 29.0. The summed E-state index contributed by atoms with van der Waals surface area (Å²) in [7, 11) is 0. The maximum Gasteiger partial charge on any atom is 1.00 e. The Balaban J connectivity index is -0.0000000909. The fourth-order valence-corrected chi connectivity index (χ4v) is 2.29. The molecule has 0 aromatic carbocycles. The van der Waals surface area contributed by atoms with Crippen molar-refractivity contribution in [2.75, 3.05) is 0 Å². The summed E-state index contributed by atoms with van der Waals surface area (Å²) in [6.45, 7) is 18.9. The zero-order valence-corrected chi connectivity index (χ0v) is 32.6. The van der Waals surface area contributed by atoms with Crippen molar-refractivity contribution in [1.29, 1.82) is 0 Å². The molecule has 44 heavy (non-hydrogen) atoms. The molecule has 0 aliphatic rings. The number of rotatable bonds is 9. The molecule has 0 aromatic rings. The Labute approximate surface area is 306 Å². The third-order valence-corrected chi connectivity index (χ3v) is 3.72. The molecule has 0 heterocycles. The number of hydrogen-bond donors (Lipinski definition) is 3. The summed E-state index contributed by atoms with van der Waals surface area (Å²) in [6.07, 6.45) is 0.492. The van der Waals surface area contributed by atoms with Gasteiger partial charge in [0.1, 0.15) is 22.8 Å². The fraction of sp³-hybridized carbons (Fsp3) is 0.778. The van der Waals surface area contributed by atoms with Gasteiger partial charge in [-0.05, 0) is 75.2 Å². The van der Waals surface area contributed by atoms with Crippen molar-refractivity contribution in [3.05, 3.63) is 0 Å². The van der Waals surface area contributed by atoms with Gasteiger partial charge in [0, 0.05) is 0 Å². The molecule has 0 fully saturated rings. The predicted octanol–water partition coefficient (Wildman–Crippen LogP) is -2.15. The van der Waals surface area contributed by atoms with Gasteiger partial charge in [-0.25, -0.2) is 9.59 Å². The van der Waals surface area contributed by atoms with Gasteiger partial charge in [-0.2, -0.15) is 0 Å². The number of carbonyl (C=O) groups excluding carboxylic acids is 4. The van der Waals surface area contributed by atoms with E-state index in [1.165, 1.54) is 0 Å². The number of carboxylic acids is 2. The van der Waals surface area contributed by atoms with Crippen LogP contribution in [-0.2, 0) is 43.0 Å². The summed E-state index contributed by atoms with van der Waals surface area (Å²) in [5, 5.41) is 25.5. The smallest absolute Gasteiger partial charge is 1.00 e. The molecule has 250 valence electrons. The van der Waals surface area contributed by atoms with Gasteiger partial charge in [-0.15, -0.1) is 0 Å². The summed E-state index contributed by atoms with van der Waals surface area (Å²) in [4.78, 5) is 65.4. The van der Waals surface area contributed by atoms with Gasteiger partial charge in [0.05, 0.1) is 12.3 Å². The van der Waals surface area contributed by atoms with Gasteiger partial charge >= 0.3 is 89.3 Å². The second-order valence-electron chi connectivity index (χ2n) is 11.6. The Morgan fingerprint density at radius 2 is 1.09 bits per heavy atom. The van der Waals surface area contributed by atoms with Crippen LogP contribution in [0.25, 0.3) is 0 Å². The van der Waals surface area contributed by atoms with E-state index in [1.807, 2.05) is 13.8 Å².